The highest BCUT2D eigenvalue weighted by Gasteiger charge is 2.39. The van der Waals surface area contributed by atoms with Crippen molar-refractivity contribution in [3.05, 3.63) is 123 Å². The molecule has 9 nitrogen and oxygen atoms in total. The number of rotatable bonds is 9. The van der Waals surface area contributed by atoms with Crippen molar-refractivity contribution in [3.63, 3.8) is 0 Å². The lowest BCUT2D eigenvalue weighted by Crippen LogP contribution is -2.27. The van der Waals surface area contributed by atoms with Crippen LogP contribution in [0.3, 0.4) is 0 Å². The van der Waals surface area contributed by atoms with E-state index in [1.807, 2.05) is 6.07 Å². The third-order valence-electron chi connectivity index (χ3n) is 6.29. The molecule has 14 heteroatoms. The third kappa shape index (κ3) is 7.36. The van der Waals surface area contributed by atoms with E-state index in [0.29, 0.717) is 11.3 Å². The highest BCUT2D eigenvalue weighted by Crippen LogP contribution is 2.35. The Bertz CT molecular complexity index is 1940. The fourth-order valence-electron chi connectivity index (χ4n) is 4.10. The Labute approximate surface area is 257 Å². The van der Waals surface area contributed by atoms with Gasteiger partial charge in [0.1, 0.15) is 23.9 Å². The summed E-state index contributed by atoms with van der Waals surface area (Å²) >= 11 is 5.97. The summed E-state index contributed by atoms with van der Waals surface area (Å²) in [6, 6.07) is 17.8. The van der Waals surface area contributed by atoms with Crippen LogP contribution in [0.2, 0.25) is 5.02 Å². The monoisotopic (exact) mass is 637 g/mol. The third-order valence-corrected chi connectivity index (χ3v) is 6.51. The maximum Gasteiger partial charge on any atom is 0.437 e. The van der Waals surface area contributed by atoms with E-state index in [-0.39, 0.29) is 46.8 Å². The second-order valence-corrected chi connectivity index (χ2v) is 9.85. The predicted octanol–water partition coefficient (Wildman–Crippen LogP) is 6.81. The summed E-state index contributed by atoms with van der Waals surface area (Å²) in [6.07, 6.45) is -2.98. The summed E-state index contributed by atoms with van der Waals surface area (Å²) in [5.41, 5.74) is -1.31. The van der Waals surface area contributed by atoms with E-state index in [9.17, 15) is 27.6 Å². The number of methoxy groups -OCH3 is 1. The standard InChI is InChI=1S/C31H20ClF4N5O4/c1-43-24-8-2-18(3-9-24)16-44-29-21(14-38-28(40-29)20-4-6-23(33)7-5-20)15-41-17-39-27(31(34,35)36)26(30(41)42)45-25-11-19(13-37)10-22(32)12-25/h2-12,14,17H,15-16H2,1H3. The fraction of sp³-hybridized carbons (Fsp3) is 0.129. The Morgan fingerprint density at radius 1 is 1.00 bits per heavy atom. The van der Waals surface area contributed by atoms with Gasteiger partial charge in [-0.05, 0) is 60.2 Å². The number of benzene rings is 3. The van der Waals surface area contributed by atoms with Crippen LogP contribution in [0.5, 0.6) is 23.1 Å². The van der Waals surface area contributed by atoms with E-state index in [1.54, 1.807) is 24.3 Å². The van der Waals surface area contributed by atoms with Crippen LogP contribution in [-0.4, -0.2) is 26.6 Å². The summed E-state index contributed by atoms with van der Waals surface area (Å²) in [5.74, 6) is -1.02. The topological polar surface area (TPSA) is 112 Å². The molecular formula is C31H20ClF4N5O4. The van der Waals surface area contributed by atoms with Crippen LogP contribution in [0.15, 0.2) is 84.0 Å². The van der Waals surface area contributed by atoms with E-state index in [2.05, 4.69) is 15.0 Å². The quantitative estimate of drug-likeness (QED) is 0.162. The first-order valence-corrected chi connectivity index (χ1v) is 13.3. The first-order chi connectivity index (χ1) is 21.5. The van der Waals surface area contributed by atoms with Gasteiger partial charge in [-0.2, -0.15) is 23.4 Å². The highest BCUT2D eigenvalue weighted by atomic mass is 35.5. The highest BCUT2D eigenvalue weighted by molar-refractivity contribution is 6.30. The Morgan fingerprint density at radius 2 is 1.73 bits per heavy atom. The SMILES string of the molecule is COc1ccc(COc2nc(-c3ccc(F)cc3)ncc2Cn2cnc(C(F)(F)F)c(Oc3cc(Cl)cc(C#N)c3)c2=O)cc1. The average molecular weight is 638 g/mol. The molecule has 45 heavy (non-hydrogen) atoms. The molecule has 3 aromatic carbocycles. The number of nitriles is 1. The lowest BCUT2D eigenvalue weighted by atomic mass is 10.2. The number of aromatic nitrogens is 4. The summed E-state index contributed by atoms with van der Waals surface area (Å²) in [5, 5.41) is 9.21. The zero-order chi connectivity index (χ0) is 32.1. The zero-order valence-electron chi connectivity index (χ0n) is 23.2. The number of ether oxygens (including phenoxy) is 3. The molecule has 0 spiro atoms. The summed E-state index contributed by atoms with van der Waals surface area (Å²) in [4.78, 5) is 25.6. The zero-order valence-corrected chi connectivity index (χ0v) is 23.9. The molecular weight excluding hydrogens is 618 g/mol. The molecule has 0 N–H and O–H groups in total. The van der Waals surface area contributed by atoms with Crippen LogP contribution in [0.1, 0.15) is 22.4 Å². The van der Waals surface area contributed by atoms with Gasteiger partial charge >= 0.3 is 6.18 Å². The number of halogens is 5. The average Bonchev–Trinajstić information content (AvgIpc) is 3.02. The molecule has 0 saturated heterocycles. The Kier molecular flexibility index (Phi) is 8.96. The van der Waals surface area contributed by atoms with Gasteiger partial charge < -0.3 is 14.2 Å². The molecule has 0 radical (unpaired) electrons. The van der Waals surface area contributed by atoms with Gasteiger partial charge in [-0.15, -0.1) is 0 Å². The van der Waals surface area contributed by atoms with Crippen molar-refractivity contribution in [2.45, 2.75) is 19.3 Å². The minimum Gasteiger partial charge on any atom is -0.497 e. The summed E-state index contributed by atoms with van der Waals surface area (Å²) < 4.78 is 72.5. The van der Waals surface area contributed by atoms with Crippen LogP contribution in [-0.2, 0) is 19.3 Å². The van der Waals surface area contributed by atoms with Crippen molar-refractivity contribution < 1.29 is 31.8 Å². The molecule has 0 atom stereocenters. The first-order valence-electron chi connectivity index (χ1n) is 13.0. The van der Waals surface area contributed by atoms with Crippen LogP contribution in [0.25, 0.3) is 11.4 Å². The smallest absolute Gasteiger partial charge is 0.437 e. The summed E-state index contributed by atoms with van der Waals surface area (Å²) in [6.45, 7) is -0.331. The maximum atomic E-state index is 13.9. The molecule has 0 aliphatic heterocycles. The molecule has 0 fully saturated rings. The van der Waals surface area contributed by atoms with Gasteiger partial charge in [-0.1, -0.05) is 23.7 Å². The normalized spacial score (nSPS) is 11.1. The number of nitrogens with zero attached hydrogens (tertiary/aromatic N) is 5. The van der Waals surface area contributed by atoms with E-state index in [4.69, 9.17) is 25.8 Å². The van der Waals surface area contributed by atoms with Crippen molar-refractivity contribution in [3.8, 4) is 40.6 Å². The lowest BCUT2D eigenvalue weighted by molar-refractivity contribution is -0.142. The molecule has 228 valence electrons. The van der Waals surface area contributed by atoms with E-state index in [0.717, 1.165) is 28.6 Å². The van der Waals surface area contributed by atoms with Crippen molar-refractivity contribution in [1.29, 1.82) is 5.26 Å². The lowest BCUT2D eigenvalue weighted by Gasteiger charge is -2.16. The van der Waals surface area contributed by atoms with Crippen molar-refractivity contribution in [2.24, 2.45) is 0 Å². The van der Waals surface area contributed by atoms with Gasteiger partial charge in [0.25, 0.3) is 5.56 Å². The van der Waals surface area contributed by atoms with Crippen LogP contribution < -0.4 is 19.8 Å². The van der Waals surface area contributed by atoms with E-state index >= 15 is 0 Å². The second kappa shape index (κ2) is 13.0. The second-order valence-electron chi connectivity index (χ2n) is 9.41. The van der Waals surface area contributed by atoms with Crippen molar-refractivity contribution >= 4 is 11.6 Å². The fourth-order valence-corrected chi connectivity index (χ4v) is 4.33. The largest absolute Gasteiger partial charge is 0.497 e. The van der Waals surface area contributed by atoms with Gasteiger partial charge in [-0.25, -0.2) is 14.4 Å². The number of hydrogen-bond donors (Lipinski definition) is 0. The summed E-state index contributed by atoms with van der Waals surface area (Å²) in [7, 11) is 1.53. The molecule has 2 heterocycles. The Morgan fingerprint density at radius 3 is 2.40 bits per heavy atom. The predicted molar refractivity (Wildman–Crippen MR) is 154 cm³/mol. The molecule has 0 bridgehead atoms. The molecule has 0 aliphatic rings. The van der Waals surface area contributed by atoms with E-state index in [1.165, 1.54) is 43.6 Å². The van der Waals surface area contributed by atoms with Crippen LogP contribution in [0, 0.1) is 17.1 Å². The van der Waals surface area contributed by atoms with Gasteiger partial charge in [0, 0.05) is 16.8 Å². The molecule has 2 aromatic heterocycles. The van der Waals surface area contributed by atoms with E-state index < -0.39 is 29.0 Å². The molecule has 0 unspecified atom stereocenters. The Balaban J connectivity index is 1.53. The molecule has 0 amide bonds. The first kappa shape index (κ1) is 31.0. The molecule has 0 aliphatic carbocycles. The van der Waals surface area contributed by atoms with Gasteiger partial charge in [0.15, 0.2) is 11.5 Å². The van der Waals surface area contributed by atoms with Gasteiger partial charge in [0.05, 0.1) is 37.2 Å². The maximum absolute atomic E-state index is 13.9. The molecule has 5 rings (SSSR count). The minimum atomic E-state index is -5.04. The number of alkyl halides is 3. The molecule has 5 aromatic rings. The van der Waals surface area contributed by atoms with Crippen molar-refractivity contribution in [2.75, 3.05) is 7.11 Å². The Hall–Kier alpha value is -5.48. The van der Waals surface area contributed by atoms with Crippen molar-refractivity contribution in [1.82, 2.24) is 19.5 Å². The van der Waals surface area contributed by atoms with Gasteiger partial charge in [0.2, 0.25) is 11.6 Å². The minimum absolute atomic E-state index is 0.00678. The molecule has 0 saturated carbocycles. The van der Waals surface area contributed by atoms with Crippen LogP contribution >= 0.6 is 11.6 Å². The number of hydrogen-bond acceptors (Lipinski definition) is 8. The van der Waals surface area contributed by atoms with Crippen LogP contribution in [0.4, 0.5) is 17.6 Å². The van der Waals surface area contributed by atoms with Gasteiger partial charge in [-0.3, -0.25) is 9.36 Å².